The van der Waals surface area contributed by atoms with Crippen LogP contribution in [0.4, 0.5) is 14.5 Å². The van der Waals surface area contributed by atoms with E-state index in [4.69, 9.17) is 33.7 Å². The fourth-order valence-electron chi connectivity index (χ4n) is 6.93. The van der Waals surface area contributed by atoms with Gasteiger partial charge in [-0.3, -0.25) is 24.4 Å². The molecule has 232 valence electrons. The zero-order valence-electron chi connectivity index (χ0n) is 25.1. The highest BCUT2D eigenvalue weighted by Gasteiger charge is 2.66. The molecule has 44 heavy (non-hydrogen) atoms. The topological polar surface area (TPSA) is 88.2 Å². The van der Waals surface area contributed by atoms with Crippen LogP contribution in [0, 0.1) is 17.0 Å². The number of amides is 2. The average Bonchev–Trinajstić information content (AvgIpc) is 3.41. The second-order valence-corrected chi connectivity index (χ2v) is 13.3. The van der Waals surface area contributed by atoms with Gasteiger partial charge >= 0.3 is 0 Å². The Hall–Kier alpha value is -3.53. The molecule has 0 spiro atoms. The maximum Gasteiger partial charge on any atom is 0.248 e. The van der Waals surface area contributed by atoms with Crippen LogP contribution in [-0.4, -0.2) is 55.8 Å². The Bertz CT molecular complexity index is 1660. The molecule has 5 rings (SSSR count). The van der Waals surface area contributed by atoms with Crippen molar-refractivity contribution < 1.29 is 23.1 Å². The molecular formula is C33H34Cl2F2N4O3. The highest BCUT2D eigenvalue weighted by molar-refractivity contribution is 6.31. The van der Waals surface area contributed by atoms with E-state index in [1.807, 2.05) is 4.90 Å². The van der Waals surface area contributed by atoms with Crippen LogP contribution < -0.4 is 15.4 Å². The van der Waals surface area contributed by atoms with Crippen LogP contribution in [-0.2, 0) is 10.2 Å². The van der Waals surface area contributed by atoms with E-state index in [0.29, 0.717) is 12.1 Å². The van der Waals surface area contributed by atoms with Crippen LogP contribution in [0.1, 0.15) is 54.6 Å². The van der Waals surface area contributed by atoms with Gasteiger partial charge in [-0.1, -0.05) is 62.2 Å². The molecule has 0 radical (unpaired) electrons. The molecule has 3 aromatic carbocycles. The summed E-state index contributed by atoms with van der Waals surface area (Å²) >= 11 is 12.5. The monoisotopic (exact) mass is 642 g/mol. The molecule has 0 saturated carbocycles. The van der Waals surface area contributed by atoms with Gasteiger partial charge in [-0.05, 0) is 53.8 Å². The minimum Gasteiger partial charge on any atom is -0.495 e. The van der Waals surface area contributed by atoms with Crippen molar-refractivity contribution >= 4 is 46.9 Å². The van der Waals surface area contributed by atoms with E-state index in [1.54, 1.807) is 48.5 Å². The van der Waals surface area contributed by atoms with E-state index in [-0.39, 0.29) is 50.5 Å². The molecule has 2 saturated heterocycles. The number of primary amides is 1. The number of aliphatic imine (C=N–C) groups is 1. The number of anilines is 1. The van der Waals surface area contributed by atoms with Gasteiger partial charge in [-0.15, -0.1) is 0 Å². The number of nitrogens with zero attached hydrogens (tertiary/aromatic N) is 3. The zero-order chi connectivity index (χ0) is 32.1. The van der Waals surface area contributed by atoms with E-state index in [1.165, 1.54) is 31.4 Å². The van der Waals surface area contributed by atoms with E-state index in [0.717, 1.165) is 0 Å². The number of fused-ring (bicyclic) bond motifs is 1. The average molecular weight is 644 g/mol. The Morgan fingerprint density at radius 3 is 2.50 bits per heavy atom. The first kappa shape index (κ1) is 31.9. The minimum absolute atomic E-state index is 0.0870. The van der Waals surface area contributed by atoms with Crippen molar-refractivity contribution in [1.82, 2.24) is 4.90 Å². The summed E-state index contributed by atoms with van der Waals surface area (Å²) in [4.78, 5) is 34.5. The predicted octanol–water partition coefficient (Wildman–Crippen LogP) is 6.59. The van der Waals surface area contributed by atoms with Crippen LogP contribution in [0.2, 0.25) is 10.0 Å². The quantitative estimate of drug-likeness (QED) is 0.294. The number of benzene rings is 3. The highest BCUT2D eigenvalue weighted by atomic mass is 35.5. The summed E-state index contributed by atoms with van der Waals surface area (Å²) in [6, 6.07) is 12.2. The molecule has 11 heteroatoms. The second-order valence-electron chi connectivity index (χ2n) is 12.5. The van der Waals surface area contributed by atoms with Crippen molar-refractivity contribution in [3.63, 3.8) is 0 Å². The number of hydrogen-bond donors (Lipinski definition) is 1. The molecule has 0 aliphatic carbocycles. The Balaban J connectivity index is 1.81. The SMILES string of the molecule is CN=CC1(c2ccc(Cl)cc2F)C(c2cccc(Cl)c2F)C2C(=O)N(c3ccc(C(N)=O)cc3OC)CN2C1CC(C)(C)C. The number of halogens is 4. The first-order chi connectivity index (χ1) is 20.7. The molecule has 2 heterocycles. The molecule has 2 N–H and O–H groups in total. The van der Waals surface area contributed by atoms with Gasteiger partial charge in [0.05, 0.1) is 35.9 Å². The number of carbonyl (C=O) groups excluding carboxylic acids is 2. The first-order valence-electron chi connectivity index (χ1n) is 14.1. The molecule has 3 aromatic rings. The van der Waals surface area contributed by atoms with E-state index in [2.05, 4.69) is 25.8 Å². The van der Waals surface area contributed by atoms with Gasteiger partial charge in [0, 0.05) is 41.4 Å². The van der Waals surface area contributed by atoms with Crippen molar-refractivity contribution in [3.8, 4) is 5.75 Å². The lowest BCUT2D eigenvalue weighted by Gasteiger charge is -2.42. The summed E-state index contributed by atoms with van der Waals surface area (Å²) in [6.45, 7) is 6.26. The van der Waals surface area contributed by atoms with Gasteiger partial charge in [0.25, 0.3) is 0 Å². The molecule has 2 amide bonds. The van der Waals surface area contributed by atoms with Crippen molar-refractivity contribution in [2.75, 3.05) is 25.7 Å². The van der Waals surface area contributed by atoms with Gasteiger partial charge in [-0.25, -0.2) is 8.78 Å². The third-order valence-corrected chi connectivity index (χ3v) is 9.11. The Morgan fingerprint density at radius 1 is 1.16 bits per heavy atom. The van der Waals surface area contributed by atoms with Gasteiger partial charge in [0.2, 0.25) is 11.8 Å². The molecule has 2 aliphatic heterocycles. The Labute approximate surface area is 265 Å². The van der Waals surface area contributed by atoms with Gasteiger partial charge in [0.1, 0.15) is 17.4 Å². The number of nitrogens with two attached hydrogens (primary N) is 1. The summed E-state index contributed by atoms with van der Waals surface area (Å²) in [5.74, 6) is -2.93. The summed E-state index contributed by atoms with van der Waals surface area (Å²) in [6.07, 6.45) is 2.15. The smallest absolute Gasteiger partial charge is 0.248 e. The van der Waals surface area contributed by atoms with Crippen LogP contribution >= 0.6 is 23.2 Å². The van der Waals surface area contributed by atoms with E-state index in [9.17, 15) is 9.59 Å². The molecule has 4 atom stereocenters. The van der Waals surface area contributed by atoms with Crippen molar-refractivity contribution in [3.05, 3.63) is 93.0 Å². The Kier molecular flexibility index (Phi) is 8.52. The zero-order valence-corrected chi connectivity index (χ0v) is 26.6. The lowest BCUT2D eigenvalue weighted by molar-refractivity contribution is -0.119. The van der Waals surface area contributed by atoms with Crippen molar-refractivity contribution in [2.24, 2.45) is 16.1 Å². The van der Waals surface area contributed by atoms with Crippen molar-refractivity contribution in [2.45, 2.75) is 50.6 Å². The largest absolute Gasteiger partial charge is 0.495 e. The number of carbonyl (C=O) groups is 2. The van der Waals surface area contributed by atoms with Crippen molar-refractivity contribution in [1.29, 1.82) is 0 Å². The molecule has 0 aromatic heterocycles. The summed E-state index contributed by atoms with van der Waals surface area (Å²) < 4.78 is 37.8. The Morgan fingerprint density at radius 2 is 1.89 bits per heavy atom. The lowest BCUT2D eigenvalue weighted by Crippen LogP contribution is -2.50. The first-order valence-corrected chi connectivity index (χ1v) is 14.9. The van der Waals surface area contributed by atoms with Crippen LogP contribution in [0.25, 0.3) is 0 Å². The predicted molar refractivity (Wildman–Crippen MR) is 169 cm³/mol. The summed E-state index contributed by atoms with van der Waals surface area (Å²) in [5, 5.41) is 0.0956. The molecule has 2 aliphatic rings. The maximum absolute atomic E-state index is 16.1. The summed E-state index contributed by atoms with van der Waals surface area (Å²) in [5.41, 5.74) is 4.95. The minimum atomic E-state index is -1.30. The molecule has 0 bridgehead atoms. The molecule has 7 nitrogen and oxygen atoms in total. The molecule has 2 fully saturated rings. The number of rotatable bonds is 7. The number of hydrogen-bond acceptors (Lipinski definition) is 5. The highest BCUT2D eigenvalue weighted by Crippen LogP contribution is 2.58. The molecule has 4 unspecified atom stereocenters. The fraction of sp³-hybridized carbons (Fsp3) is 0.364. The summed E-state index contributed by atoms with van der Waals surface area (Å²) in [7, 11) is 3.02. The lowest BCUT2D eigenvalue weighted by atomic mass is 9.62. The van der Waals surface area contributed by atoms with E-state index >= 15 is 8.78 Å². The standard InChI is InChI=1S/C33H34Cl2F2N4O3/c1-32(2,3)15-26-33(16-39-4,21-11-10-19(34)14-23(21)36)27(20-7-6-8-22(35)28(20)37)29-31(43)40(17-41(26)29)24-12-9-18(30(38)42)13-25(24)44-5/h6-14,16,26-27,29H,15,17H2,1-5H3,(H2,38,42). The third-order valence-electron chi connectivity index (χ3n) is 8.58. The maximum atomic E-state index is 16.1. The van der Waals surface area contributed by atoms with Crippen LogP contribution in [0.3, 0.4) is 0 Å². The number of ether oxygens (including phenoxy) is 1. The van der Waals surface area contributed by atoms with Crippen LogP contribution in [0.5, 0.6) is 5.75 Å². The van der Waals surface area contributed by atoms with Gasteiger partial charge in [-0.2, -0.15) is 0 Å². The fourth-order valence-corrected chi connectivity index (χ4v) is 7.27. The normalized spacial score (nSPS) is 23.9. The van der Waals surface area contributed by atoms with Gasteiger partial charge in [0.15, 0.2) is 0 Å². The van der Waals surface area contributed by atoms with Gasteiger partial charge < -0.3 is 10.5 Å². The van der Waals surface area contributed by atoms with E-state index < -0.39 is 41.0 Å². The number of methoxy groups -OCH3 is 1. The second kappa shape index (κ2) is 11.8. The van der Waals surface area contributed by atoms with Crippen LogP contribution in [0.15, 0.2) is 59.6 Å². The third kappa shape index (κ3) is 5.25. The molecular weight excluding hydrogens is 609 g/mol.